The third-order valence-corrected chi connectivity index (χ3v) is 7.87. The predicted molar refractivity (Wildman–Crippen MR) is 95.2 cm³/mol. The third kappa shape index (κ3) is 2.70. The second-order valence-electron chi connectivity index (χ2n) is 9.54. The van der Waals surface area contributed by atoms with Gasteiger partial charge in [-0.3, -0.25) is 0 Å². The molecule has 0 aromatic heterocycles. The van der Waals surface area contributed by atoms with Gasteiger partial charge >= 0.3 is 0 Å². The summed E-state index contributed by atoms with van der Waals surface area (Å²) in [5.74, 6) is 2.40. The fraction of sp³-hybridized carbons (Fsp3) is 0.905. The molecule has 0 heterocycles. The van der Waals surface area contributed by atoms with Crippen molar-refractivity contribution in [1.82, 2.24) is 0 Å². The average molecular weight is 321 g/mol. The Balaban J connectivity index is 1.84. The van der Waals surface area contributed by atoms with Gasteiger partial charge in [-0.2, -0.15) is 0 Å². The van der Waals surface area contributed by atoms with Crippen molar-refractivity contribution in [3.8, 4) is 0 Å². The summed E-state index contributed by atoms with van der Waals surface area (Å²) in [5.41, 5.74) is 1.30. The highest BCUT2D eigenvalue weighted by molar-refractivity contribution is 5.20. The van der Waals surface area contributed by atoms with Crippen LogP contribution in [0.4, 0.5) is 0 Å². The van der Waals surface area contributed by atoms with E-state index in [-0.39, 0.29) is 5.60 Å². The molecule has 1 N–H and O–H groups in total. The summed E-state index contributed by atoms with van der Waals surface area (Å²) in [5, 5.41) is 11.1. The summed E-state index contributed by atoms with van der Waals surface area (Å²) in [4.78, 5) is 0. The number of aliphatic hydroxyl groups is 1. The van der Waals surface area contributed by atoms with Crippen LogP contribution in [0.2, 0.25) is 0 Å². The zero-order valence-electron chi connectivity index (χ0n) is 16.0. The zero-order chi connectivity index (χ0) is 17.0. The van der Waals surface area contributed by atoms with Gasteiger partial charge in [0.2, 0.25) is 0 Å². The van der Waals surface area contributed by atoms with E-state index in [2.05, 4.69) is 40.7 Å². The van der Waals surface area contributed by atoms with Crippen molar-refractivity contribution in [2.75, 3.05) is 7.11 Å². The fourth-order valence-electron chi connectivity index (χ4n) is 6.32. The monoisotopic (exact) mass is 320 g/mol. The summed E-state index contributed by atoms with van der Waals surface area (Å²) in [6.45, 7) is 11.2. The minimum Gasteiger partial charge on any atom is -0.390 e. The standard InChI is InChI=1S/C21H36O2/c1-14(2)8-7-11-19(3)15-10-13-21(5,23-6)16-9-12-20(4,22)18(16)17(15)19/h8,15-18,22H,7,9-13H2,1-6H3/t15-,16-,17-,18-,19+,20-,21-/m1/s1. The van der Waals surface area contributed by atoms with E-state index in [1.54, 1.807) is 0 Å². The zero-order valence-corrected chi connectivity index (χ0v) is 16.0. The highest BCUT2D eigenvalue weighted by atomic mass is 16.5. The van der Waals surface area contributed by atoms with Gasteiger partial charge in [0, 0.05) is 7.11 Å². The molecular formula is C21H36O2. The number of allylic oxidation sites excluding steroid dienone is 2. The van der Waals surface area contributed by atoms with Gasteiger partial charge in [0.1, 0.15) is 0 Å². The Hall–Kier alpha value is -0.340. The largest absolute Gasteiger partial charge is 0.390 e. The first-order valence-electron chi connectivity index (χ1n) is 9.56. The highest BCUT2D eigenvalue weighted by Crippen LogP contribution is 2.73. The van der Waals surface area contributed by atoms with Crippen LogP contribution in [0.25, 0.3) is 0 Å². The molecule has 0 aromatic rings. The van der Waals surface area contributed by atoms with Crippen LogP contribution in [0.3, 0.4) is 0 Å². The molecule has 3 saturated carbocycles. The van der Waals surface area contributed by atoms with E-state index in [1.807, 2.05) is 7.11 Å². The SMILES string of the molecule is CO[C@]1(C)CC[C@@H]2[C@H]([C@H]3[C@H]1CC[C@@]3(C)O)[C@@]2(C)CCC=C(C)C. The van der Waals surface area contributed by atoms with E-state index >= 15 is 0 Å². The van der Waals surface area contributed by atoms with Crippen LogP contribution >= 0.6 is 0 Å². The minimum absolute atomic E-state index is 0.0423. The van der Waals surface area contributed by atoms with E-state index in [0.717, 1.165) is 25.2 Å². The molecule has 0 bridgehead atoms. The summed E-state index contributed by atoms with van der Waals surface area (Å²) in [7, 11) is 1.87. The van der Waals surface area contributed by atoms with Gasteiger partial charge in [0.25, 0.3) is 0 Å². The number of ether oxygens (including phenoxy) is 1. The highest BCUT2D eigenvalue weighted by Gasteiger charge is 2.71. The minimum atomic E-state index is -0.508. The number of rotatable bonds is 4. The van der Waals surface area contributed by atoms with E-state index in [4.69, 9.17) is 4.74 Å². The lowest BCUT2D eigenvalue weighted by Crippen LogP contribution is -2.44. The lowest BCUT2D eigenvalue weighted by atomic mass is 9.72. The van der Waals surface area contributed by atoms with Crippen LogP contribution in [0.1, 0.15) is 73.1 Å². The smallest absolute Gasteiger partial charge is 0.0682 e. The van der Waals surface area contributed by atoms with Crippen molar-refractivity contribution in [3.63, 3.8) is 0 Å². The molecule has 132 valence electrons. The maximum Gasteiger partial charge on any atom is 0.0682 e. The topological polar surface area (TPSA) is 29.5 Å². The van der Waals surface area contributed by atoms with Crippen molar-refractivity contribution >= 4 is 0 Å². The molecule has 0 unspecified atom stereocenters. The molecule has 23 heavy (non-hydrogen) atoms. The number of hydrogen-bond donors (Lipinski definition) is 1. The van der Waals surface area contributed by atoms with Crippen molar-refractivity contribution < 1.29 is 9.84 Å². The fourth-order valence-corrected chi connectivity index (χ4v) is 6.32. The van der Waals surface area contributed by atoms with E-state index in [1.165, 1.54) is 24.8 Å². The molecule has 3 aliphatic rings. The molecule has 2 heteroatoms. The molecule has 0 spiro atoms. The van der Waals surface area contributed by atoms with E-state index in [0.29, 0.717) is 23.2 Å². The Labute approximate surface area is 142 Å². The van der Waals surface area contributed by atoms with Crippen LogP contribution in [-0.2, 0) is 4.74 Å². The van der Waals surface area contributed by atoms with Crippen LogP contribution in [0.5, 0.6) is 0 Å². The predicted octanol–water partition coefficient (Wildman–Crippen LogP) is 4.96. The maximum absolute atomic E-state index is 11.1. The Bertz CT molecular complexity index is 490. The van der Waals surface area contributed by atoms with Crippen LogP contribution in [0.15, 0.2) is 11.6 Å². The van der Waals surface area contributed by atoms with Gasteiger partial charge in [-0.1, -0.05) is 18.6 Å². The number of methoxy groups -OCH3 is 1. The molecule has 0 aliphatic heterocycles. The summed E-state index contributed by atoms with van der Waals surface area (Å²) in [6.07, 6.45) is 9.32. The van der Waals surface area contributed by atoms with Crippen molar-refractivity contribution in [1.29, 1.82) is 0 Å². The average Bonchev–Trinajstić information content (AvgIpc) is 2.94. The lowest BCUT2D eigenvalue weighted by molar-refractivity contribution is -0.0893. The first-order valence-corrected chi connectivity index (χ1v) is 9.56. The first kappa shape index (κ1) is 17.5. The molecule has 0 saturated heterocycles. The van der Waals surface area contributed by atoms with Crippen molar-refractivity contribution in [3.05, 3.63) is 11.6 Å². The molecule has 2 nitrogen and oxygen atoms in total. The molecular weight excluding hydrogens is 284 g/mol. The van der Waals surface area contributed by atoms with E-state index < -0.39 is 5.60 Å². The first-order chi connectivity index (χ1) is 10.7. The lowest BCUT2D eigenvalue weighted by Gasteiger charge is -2.40. The van der Waals surface area contributed by atoms with Crippen LogP contribution in [-0.4, -0.2) is 23.4 Å². The van der Waals surface area contributed by atoms with Gasteiger partial charge < -0.3 is 9.84 Å². The summed E-state index contributed by atoms with van der Waals surface area (Å²) in [6, 6.07) is 0. The summed E-state index contributed by atoms with van der Waals surface area (Å²) >= 11 is 0. The molecule has 3 rings (SSSR count). The summed E-state index contributed by atoms with van der Waals surface area (Å²) < 4.78 is 5.99. The third-order valence-electron chi connectivity index (χ3n) is 7.87. The maximum atomic E-state index is 11.1. The molecule has 0 aromatic carbocycles. The van der Waals surface area contributed by atoms with Crippen LogP contribution < -0.4 is 0 Å². The number of fused-ring (bicyclic) bond motifs is 3. The molecule has 3 aliphatic carbocycles. The molecule has 0 radical (unpaired) electrons. The van der Waals surface area contributed by atoms with Gasteiger partial charge in [-0.15, -0.1) is 0 Å². The second kappa shape index (κ2) is 5.59. The Morgan fingerprint density at radius 3 is 2.35 bits per heavy atom. The van der Waals surface area contributed by atoms with E-state index in [9.17, 15) is 5.11 Å². The number of hydrogen-bond acceptors (Lipinski definition) is 2. The Kier molecular flexibility index (Phi) is 4.25. The second-order valence-corrected chi connectivity index (χ2v) is 9.54. The quantitative estimate of drug-likeness (QED) is 0.742. The van der Waals surface area contributed by atoms with Crippen LogP contribution in [0, 0.1) is 29.1 Å². The normalized spacial score (nSPS) is 51.6. The molecule has 7 atom stereocenters. The molecule has 0 amide bonds. The molecule has 3 fully saturated rings. The Morgan fingerprint density at radius 1 is 1.09 bits per heavy atom. The van der Waals surface area contributed by atoms with Gasteiger partial charge in [-0.25, -0.2) is 0 Å². The van der Waals surface area contributed by atoms with Crippen molar-refractivity contribution in [2.45, 2.75) is 84.3 Å². The van der Waals surface area contributed by atoms with Gasteiger partial charge in [0.05, 0.1) is 11.2 Å². The Morgan fingerprint density at radius 2 is 1.74 bits per heavy atom. The van der Waals surface area contributed by atoms with Gasteiger partial charge in [0.15, 0.2) is 0 Å². The van der Waals surface area contributed by atoms with Crippen molar-refractivity contribution in [2.24, 2.45) is 29.1 Å². The van der Waals surface area contributed by atoms with Gasteiger partial charge in [-0.05, 0) is 95.3 Å².